The van der Waals surface area contributed by atoms with Gasteiger partial charge in [-0.2, -0.15) is 9.57 Å². The molecule has 0 atom stereocenters. The van der Waals surface area contributed by atoms with Crippen molar-refractivity contribution >= 4 is 27.0 Å². The van der Waals surface area contributed by atoms with Gasteiger partial charge in [0.05, 0.1) is 11.6 Å². The van der Waals surface area contributed by atoms with Crippen molar-refractivity contribution in [1.82, 2.24) is 4.31 Å². The molecule has 1 aliphatic heterocycles. The Bertz CT molecular complexity index is 844. The third-order valence-electron chi connectivity index (χ3n) is 3.89. The van der Waals surface area contributed by atoms with Gasteiger partial charge >= 0.3 is 0 Å². The van der Waals surface area contributed by atoms with Crippen LogP contribution in [0.1, 0.15) is 10.4 Å². The van der Waals surface area contributed by atoms with E-state index < -0.39 is 10.0 Å². The summed E-state index contributed by atoms with van der Waals surface area (Å²) in [6, 6.07) is 13.1. The Morgan fingerprint density at radius 2 is 1.87 bits per heavy atom. The summed E-state index contributed by atoms with van der Waals surface area (Å²) in [5.74, 6) is 0. The summed E-state index contributed by atoms with van der Waals surface area (Å²) >= 11 is 1.31. The largest absolute Gasteiger partial charge is 0.369 e. The molecule has 120 valence electrons. The van der Waals surface area contributed by atoms with Crippen LogP contribution in [0.2, 0.25) is 0 Å². The monoisotopic (exact) mass is 347 g/mol. The molecular weight excluding hydrogens is 330 g/mol. The number of nitrogens with zero attached hydrogens (tertiary/aromatic N) is 3. The van der Waals surface area contributed by atoms with E-state index in [2.05, 4.69) is 11.0 Å². The quantitative estimate of drug-likeness (QED) is 0.855. The number of piperazine rings is 1. The van der Waals surface area contributed by atoms with E-state index in [1.165, 1.54) is 11.3 Å². The molecular formula is C16H17N3O2S2. The molecule has 1 aliphatic rings. The lowest BCUT2D eigenvalue weighted by Gasteiger charge is -2.35. The molecule has 0 spiro atoms. The van der Waals surface area contributed by atoms with E-state index >= 15 is 0 Å². The van der Waals surface area contributed by atoms with Crippen molar-refractivity contribution < 1.29 is 8.42 Å². The highest BCUT2D eigenvalue weighted by Gasteiger charge is 2.29. The minimum absolute atomic E-state index is 0.412. The van der Waals surface area contributed by atoms with Gasteiger partial charge in [-0.3, -0.25) is 0 Å². The number of hydrogen-bond donors (Lipinski definition) is 0. The summed E-state index contributed by atoms with van der Waals surface area (Å²) in [5, 5.41) is 8.98. The molecule has 3 rings (SSSR count). The summed E-state index contributed by atoms with van der Waals surface area (Å²) in [6.07, 6.45) is 0. The van der Waals surface area contributed by atoms with Crippen LogP contribution in [0.5, 0.6) is 0 Å². The first-order valence-electron chi connectivity index (χ1n) is 7.32. The van der Waals surface area contributed by atoms with E-state index in [9.17, 15) is 8.42 Å². The lowest BCUT2D eigenvalue weighted by atomic mass is 10.2. The van der Waals surface area contributed by atoms with Crippen molar-refractivity contribution in [2.75, 3.05) is 31.1 Å². The fraction of sp³-hybridized carbons (Fsp3) is 0.312. The molecule has 1 aromatic heterocycles. The van der Waals surface area contributed by atoms with E-state index in [-0.39, 0.29) is 0 Å². The molecule has 1 fully saturated rings. The third-order valence-corrected chi connectivity index (χ3v) is 7.26. The van der Waals surface area contributed by atoms with Crippen molar-refractivity contribution in [2.24, 2.45) is 0 Å². The zero-order chi connectivity index (χ0) is 16.4. The maximum Gasteiger partial charge on any atom is 0.252 e. The molecule has 1 aromatic carbocycles. The Morgan fingerprint density at radius 3 is 2.48 bits per heavy atom. The highest BCUT2D eigenvalue weighted by molar-refractivity contribution is 7.91. The molecule has 23 heavy (non-hydrogen) atoms. The maximum atomic E-state index is 12.6. The van der Waals surface area contributed by atoms with E-state index in [1.54, 1.807) is 16.4 Å². The van der Waals surface area contributed by atoms with Gasteiger partial charge in [0.2, 0.25) is 0 Å². The second kappa shape index (κ2) is 6.32. The van der Waals surface area contributed by atoms with Crippen LogP contribution in [0, 0.1) is 18.3 Å². The van der Waals surface area contributed by atoms with Gasteiger partial charge in [-0.1, -0.05) is 6.07 Å². The van der Waals surface area contributed by atoms with Gasteiger partial charge in [0.1, 0.15) is 4.21 Å². The molecule has 0 amide bonds. The lowest BCUT2D eigenvalue weighted by molar-refractivity contribution is 0.386. The van der Waals surface area contributed by atoms with Crippen LogP contribution >= 0.6 is 11.3 Å². The average Bonchev–Trinajstić information content (AvgIpc) is 3.02. The SMILES string of the molecule is Cc1ccc(S(=O)(=O)N2CCN(c3cccc(C#N)c3)CC2)s1. The number of aryl methyl sites for hydroxylation is 1. The van der Waals surface area contributed by atoms with Gasteiger partial charge in [-0.15, -0.1) is 11.3 Å². The normalized spacial score (nSPS) is 16.3. The highest BCUT2D eigenvalue weighted by Crippen LogP contribution is 2.26. The molecule has 0 radical (unpaired) electrons. The highest BCUT2D eigenvalue weighted by atomic mass is 32.2. The predicted molar refractivity (Wildman–Crippen MR) is 91.2 cm³/mol. The van der Waals surface area contributed by atoms with Gasteiger partial charge < -0.3 is 4.90 Å². The Balaban J connectivity index is 1.72. The van der Waals surface area contributed by atoms with Gasteiger partial charge in [0.15, 0.2) is 0 Å². The van der Waals surface area contributed by atoms with Gasteiger partial charge in [-0.25, -0.2) is 8.42 Å². The maximum absolute atomic E-state index is 12.6. The molecule has 0 saturated carbocycles. The van der Waals surface area contributed by atoms with E-state index in [0.717, 1.165) is 10.6 Å². The van der Waals surface area contributed by atoms with Crippen LogP contribution in [0.15, 0.2) is 40.6 Å². The number of thiophene rings is 1. The van der Waals surface area contributed by atoms with E-state index in [4.69, 9.17) is 5.26 Å². The minimum atomic E-state index is -3.39. The van der Waals surface area contributed by atoms with Crippen LogP contribution in [-0.4, -0.2) is 38.9 Å². The summed E-state index contributed by atoms with van der Waals surface area (Å²) in [6.45, 7) is 4.06. The standard InChI is InChI=1S/C16H17N3O2S2/c1-13-5-6-16(22-13)23(20,21)19-9-7-18(8-10-19)15-4-2-3-14(11-15)12-17/h2-6,11H,7-10H2,1H3. The molecule has 2 aromatic rings. The van der Waals surface area contributed by atoms with Crippen molar-refractivity contribution in [3.05, 3.63) is 46.8 Å². The van der Waals surface area contributed by atoms with E-state index in [0.29, 0.717) is 36.0 Å². The molecule has 0 N–H and O–H groups in total. The molecule has 2 heterocycles. The Morgan fingerprint density at radius 1 is 1.13 bits per heavy atom. The molecule has 0 aliphatic carbocycles. The second-order valence-corrected chi connectivity index (χ2v) is 8.87. The van der Waals surface area contributed by atoms with Gasteiger partial charge in [0, 0.05) is 36.7 Å². The summed E-state index contributed by atoms with van der Waals surface area (Å²) < 4.78 is 27.2. The average molecular weight is 347 g/mol. The topological polar surface area (TPSA) is 64.4 Å². The Kier molecular flexibility index (Phi) is 4.39. The van der Waals surface area contributed by atoms with Crippen LogP contribution in [0.3, 0.4) is 0 Å². The Hall–Kier alpha value is -1.88. The van der Waals surface area contributed by atoms with Crippen LogP contribution in [0.4, 0.5) is 5.69 Å². The molecule has 7 heteroatoms. The first kappa shape index (κ1) is 16.0. The number of benzene rings is 1. The second-order valence-electron chi connectivity index (χ2n) is 5.42. The number of anilines is 1. The predicted octanol–water partition coefficient (Wildman–Crippen LogP) is 2.44. The van der Waals surface area contributed by atoms with Gasteiger partial charge in [-0.05, 0) is 37.3 Å². The van der Waals surface area contributed by atoms with Gasteiger partial charge in [0.25, 0.3) is 10.0 Å². The number of sulfonamides is 1. The van der Waals surface area contributed by atoms with Crippen molar-refractivity contribution in [3.63, 3.8) is 0 Å². The zero-order valence-electron chi connectivity index (χ0n) is 12.8. The van der Waals surface area contributed by atoms with Crippen LogP contribution in [-0.2, 0) is 10.0 Å². The zero-order valence-corrected chi connectivity index (χ0v) is 14.4. The minimum Gasteiger partial charge on any atom is -0.369 e. The smallest absolute Gasteiger partial charge is 0.252 e. The number of rotatable bonds is 3. The Labute approximate surface area is 140 Å². The van der Waals surface area contributed by atoms with Crippen LogP contribution in [0.25, 0.3) is 0 Å². The van der Waals surface area contributed by atoms with Crippen molar-refractivity contribution in [2.45, 2.75) is 11.1 Å². The fourth-order valence-corrected chi connectivity index (χ4v) is 5.50. The summed E-state index contributed by atoms with van der Waals surface area (Å²) in [4.78, 5) is 3.11. The molecule has 0 bridgehead atoms. The molecule has 0 unspecified atom stereocenters. The number of nitriles is 1. The third kappa shape index (κ3) is 3.24. The first-order valence-corrected chi connectivity index (χ1v) is 9.58. The van der Waals surface area contributed by atoms with E-state index in [1.807, 2.05) is 31.2 Å². The first-order chi connectivity index (χ1) is 11.0. The van der Waals surface area contributed by atoms with Crippen LogP contribution < -0.4 is 4.90 Å². The molecule has 1 saturated heterocycles. The van der Waals surface area contributed by atoms with Crippen molar-refractivity contribution in [1.29, 1.82) is 5.26 Å². The van der Waals surface area contributed by atoms with Crippen molar-refractivity contribution in [3.8, 4) is 6.07 Å². The number of hydrogen-bond acceptors (Lipinski definition) is 5. The summed E-state index contributed by atoms with van der Waals surface area (Å²) in [5.41, 5.74) is 1.58. The fourth-order valence-electron chi connectivity index (χ4n) is 2.64. The molecule has 5 nitrogen and oxygen atoms in total. The summed E-state index contributed by atoms with van der Waals surface area (Å²) in [7, 11) is -3.39. The lowest BCUT2D eigenvalue weighted by Crippen LogP contribution is -2.48.